The maximum atomic E-state index is 10.5. The van der Waals surface area contributed by atoms with Gasteiger partial charge in [-0.25, -0.2) is 0 Å². The molecule has 9 heavy (non-hydrogen) atoms. The van der Waals surface area contributed by atoms with Crippen molar-refractivity contribution in [1.82, 2.24) is 10.5 Å². The van der Waals surface area contributed by atoms with E-state index in [0.717, 1.165) is 6.32 Å². The first kappa shape index (κ1) is 6.42. The molecule has 0 radical (unpaired) electrons. The monoisotopic (exact) mass is 128 g/mol. The Morgan fingerprint density at radius 3 is 3.00 bits per heavy atom. The summed E-state index contributed by atoms with van der Waals surface area (Å²) in [5, 5.41) is 5.21. The summed E-state index contributed by atoms with van der Waals surface area (Å²) in [5.41, 5.74) is 0. The molecule has 2 N–H and O–H groups in total. The van der Waals surface area contributed by atoms with Gasteiger partial charge in [-0.1, -0.05) is 0 Å². The molecular weight excluding hydrogens is 119 g/mol. The summed E-state index contributed by atoms with van der Waals surface area (Å²) >= 11 is 0. The molecule has 0 aromatic rings. The molecule has 50 valence electrons. The Morgan fingerprint density at radius 2 is 2.56 bits per heavy atom. The van der Waals surface area contributed by atoms with Gasteiger partial charge in [0.05, 0.1) is 0 Å². The quantitative estimate of drug-likeness (QED) is 0.464. The van der Waals surface area contributed by atoms with E-state index >= 15 is 0 Å². The minimum absolute atomic E-state index is 0.0984. The predicted molar refractivity (Wildman–Crippen MR) is 34.1 cm³/mol. The first-order chi connectivity index (χ1) is 4.33. The van der Waals surface area contributed by atoms with Gasteiger partial charge in [-0.05, 0) is 6.32 Å². The van der Waals surface area contributed by atoms with Gasteiger partial charge in [0.15, 0.2) is 0 Å². The van der Waals surface area contributed by atoms with E-state index in [2.05, 4.69) is 10.5 Å². The summed E-state index contributed by atoms with van der Waals surface area (Å²) in [6.45, 7) is 0.699. The van der Waals surface area contributed by atoms with E-state index < -0.39 is 0 Å². The summed E-state index contributed by atoms with van der Waals surface area (Å²) in [6.07, 6.45) is 0.836. The molecule has 0 bridgehead atoms. The zero-order chi connectivity index (χ0) is 6.69. The van der Waals surface area contributed by atoms with Crippen LogP contribution in [0.1, 0.15) is 0 Å². The number of carbonyl (C=O) groups is 1. The predicted octanol–water partition coefficient (Wildman–Crippen LogP) is -0.566. The molecule has 4 nitrogen and oxygen atoms in total. The van der Waals surface area contributed by atoms with Crippen LogP contribution in [0.2, 0.25) is 6.32 Å². The lowest BCUT2D eigenvalue weighted by molar-refractivity contribution is 0.241. The first-order valence-electron chi connectivity index (χ1n) is 2.90. The van der Waals surface area contributed by atoms with Crippen LogP contribution in [0.3, 0.4) is 0 Å². The van der Waals surface area contributed by atoms with Crippen molar-refractivity contribution in [2.45, 2.75) is 6.32 Å². The molecule has 1 aliphatic rings. The van der Waals surface area contributed by atoms with Gasteiger partial charge in [-0.3, -0.25) is 4.79 Å². The number of nitrogens with one attached hydrogen (secondary N) is 2. The molecule has 5 heteroatoms. The molecule has 1 heterocycles. The zero-order valence-electron chi connectivity index (χ0n) is 5.31. The van der Waals surface area contributed by atoms with Crippen molar-refractivity contribution in [2.75, 3.05) is 13.7 Å². The number of rotatable bonds is 1. The van der Waals surface area contributed by atoms with Gasteiger partial charge in [-0.15, -0.1) is 0 Å². The van der Waals surface area contributed by atoms with Gasteiger partial charge in [0.2, 0.25) is 0 Å². The number of urea groups is 1. The van der Waals surface area contributed by atoms with E-state index in [1.165, 1.54) is 0 Å². The molecule has 1 aliphatic heterocycles. The van der Waals surface area contributed by atoms with Crippen LogP contribution in [0.15, 0.2) is 0 Å². The van der Waals surface area contributed by atoms with Crippen LogP contribution in [0.4, 0.5) is 4.79 Å². The second-order valence-corrected chi connectivity index (χ2v) is 1.91. The van der Waals surface area contributed by atoms with Gasteiger partial charge in [-0.2, -0.15) is 0 Å². The highest BCUT2D eigenvalue weighted by molar-refractivity contribution is 6.52. The fourth-order valence-electron chi connectivity index (χ4n) is 0.763. The fraction of sp³-hybridized carbons (Fsp3) is 0.750. The van der Waals surface area contributed by atoms with E-state index in [9.17, 15) is 4.79 Å². The molecule has 0 aromatic carbocycles. The lowest BCUT2D eigenvalue weighted by Crippen LogP contribution is -2.52. The summed E-state index contributed by atoms with van der Waals surface area (Å²) < 4.78 is 4.89. The highest BCUT2D eigenvalue weighted by Gasteiger charge is 2.21. The molecular formula is C4H9BN2O2. The van der Waals surface area contributed by atoms with Crippen molar-refractivity contribution in [2.24, 2.45) is 0 Å². The second-order valence-electron chi connectivity index (χ2n) is 1.91. The van der Waals surface area contributed by atoms with Crippen LogP contribution >= 0.6 is 0 Å². The minimum Gasteiger partial charge on any atom is -0.419 e. The van der Waals surface area contributed by atoms with Crippen molar-refractivity contribution in [3.63, 3.8) is 0 Å². The van der Waals surface area contributed by atoms with Crippen molar-refractivity contribution < 1.29 is 9.45 Å². The summed E-state index contributed by atoms with van der Waals surface area (Å²) in [6, 6.07) is -0.145. The van der Waals surface area contributed by atoms with Crippen LogP contribution in [0, 0.1) is 0 Å². The summed E-state index contributed by atoms with van der Waals surface area (Å²) in [7, 11) is 1.48. The third-order valence-electron chi connectivity index (χ3n) is 1.27. The van der Waals surface area contributed by atoms with E-state index in [1.807, 2.05) is 0 Å². The van der Waals surface area contributed by atoms with Crippen molar-refractivity contribution in [3.8, 4) is 0 Å². The molecule has 1 rings (SSSR count). The van der Waals surface area contributed by atoms with E-state index in [-0.39, 0.29) is 13.1 Å². The molecule has 0 aromatic heterocycles. The summed E-state index contributed by atoms with van der Waals surface area (Å²) in [4.78, 5) is 10.5. The van der Waals surface area contributed by atoms with Crippen LogP contribution < -0.4 is 10.5 Å². The van der Waals surface area contributed by atoms with Gasteiger partial charge in [0.1, 0.15) is 0 Å². The largest absolute Gasteiger partial charge is 0.419 e. The van der Waals surface area contributed by atoms with E-state index in [4.69, 9.17) is 4.65 Å². The van der Waals surface area contributed by atoms with Gasteiger partial charge >= 0.3 is 13.1 Å². The second kappa shape index (κ2) is 2.73. The molecule has 2 amide bonds. The van der Waals surface area contributed by atoms with E-state index in [0.29, 0.717) is 6.54 Å². The van der Waals surface area contributed by atoms with Crippen molar-refractivity contribution in [3.05, 3.63) is 0 Å². The Bertz CT molecular complexity index is 119. The Kier molecular flexibility index (Phi) is 1.94. The van der Waals surface area contributed by atoms with Gasteiger partial charge in [0.25, 0.3) is 0 Å². The molecule has 1 saturated heterocycles. The lowest BCUT2D eigenvalue weighted by Gasteiger charge is -2.18. The summed E-state index contributed by atoms with van der Waals surface area (Å²) in [5.74, 6) is 0. The van der Waals surface area contributed by atoms with Crippen LogP contribution in [-0.4, -0.2) is 26.7 Å². The number of hydrogen-bond donors (Lipinski definition) is 2. The Balaban J connectivity index is 2.32. The van der Waals surface area contributed by atoms with Crippen molar-refractivity contribution >= 4 is 13.1 Å². The Morgan fingerprint density at radius 1 is 1.78 bits per heavy atom. The topological polar surface area (TPSA) is 50.4 Å². The van der Waals surface area contributed by atoms with Crippen LogP contribution in [-0.2, 0) is 4.65 Å². The molecule has 0 spiro atoms. The zero-order valence-corrected chi connectivity index (χ0v) is 5.31. The fourth-order valence-corrected chi connectivity index (χ4v) is 0.763. The standard InChI is InChI=1S/C4H9BN2O2/c1-9-5-2-3-6-4(8)7-5/h2-3H2,1H3,(H2,6,7,8). The van der Waals surface area contributed by atoms with Crippen LogP contribution in [0.25, 0.3) is 0 Å². The number of amides is 2. The number of carbonyl (C=O) groups excluding carboxylic acids is 1. The average molecular weight is 128 g/mol. The maximum absolute atomic E-state index is 10.5. The smallest absolute Gasteiger partial charge is 0.418 e. The number of hydrogen-bond acceptors (Lipinski definition) is 2. The third kappa shape index (κ3) is 1.60. The molecule has 1 fully saturated rings. The highest BCUT2D eigenvalue weighted by Crippen LogP contribution is 1.92. The lowest BCUT2D eigenvalue weighted by atomic mass is 9.77. The molecule has 0 aliphatic carbocycles. The normalized spacial score (nSPS) is 18.8. The Labute approximate surface area is 54.1 Å². The highest BCUT2D eigenvalue weighted by atomic mass is 16.4. The minimum atomic E-state index is -0.145. The van der Waals surface area contributed by atoms with Gasteiger partial charge < -0.3 is 15.2 Å². The molecule has 0 atom stereocenters. The molecule has 0 unspecified atom stereocenters. The Hall–Kier alpha value is -0.705. The first-order valence-corrected chi connectivity index (χ1v) is 2.90. The van der Waals surface area contributed by atoms with Gasteiger partial charge in [0, 0.05) is 13.7 Å². The van der Waals surface area contributed by atoms with Crippen LogP contribution in [0.5, 0.6) is 0 Å². The molecule has 0 saturated carbocycles. The maximum Gasteiger partial charge on any atom is 0.418 e. The van der Waals surface area contributed by atoms with E-state index in [1.54, 1.807) is 7.11 Å². The third-order valence-corrected chi connectivity index (χ3v) is 1.27. The average Bonchev–Trinajstić information content (AvgIpc) is 1.88. The SMILES string of the molecule is COB1CCNC(=O)N1. The van der Waals surface area contributed by atoms with Crippen molar-refractivity contribution in [1.29, 1.82) is 0 Å².